The number of carboxylic acid groups (broad SMARTS) is 1. The SMILES string of the molecule is C#CCN(CC(=O)O)C(=O)C(CCSC)NC(=O)OCC1c2ccccc2-c2ccccc21. The summed E-state index contributed by atoms with van der Waals surface area (Å²) < 4.78 is 5.54. The highest BCUT2D eigenvalue weighted by molar-refractivity contribution is 7.98. The van der Waals surface area contributed by atoms with Crippen molar-refractivity contribution in [2.45, 2.75) is 18.4 Å². The first kappa shape index (κ1) is 24.2. The van der Waals surface area contributed by atoms with Gasteiger partial charge in [-0.3, -0.25) is 9.59 Å². The summed E-state index contributed by atoms with van der Waals surface area (Å²) in [7, 11) is 0. The lowest BCUT2D eigenvalue weighted by Gasteiger charge is -2.25. The number of carbonyl (C=O) groups excluding carboxylic acids is 2. The van der Waals surface area contributed by atoms with Gasteiger partial charge in [-0.15, -0.1) is 6.42 Å². The van der Waals surface area contributed by atoms with Crippen LogP contribution in [0.15, 0.2) is 48.5 Å². The van der Waals surface area contributed by atoms with Gasteiger partial charge < -0.3 is 20.1 Å². The van der Waals surface area contributed by atoms with Crippen LogP contribution in [0.25, 0.3) is 11.1 Å². The predicted molar refractivity (Wildman–Crippen MR) is 128 cm³/mol. The number of nitrogens with one attached hydrogen (secondary N) is 1. The van der Waals surface area contributed by atoms with E-state index in [4.69, 9.17) is 16.3 Å². The summed E-state index contributed by atoms with van der Waals surface area (Å²) in [5.74, 6) is 1.06. The number of alkyl carbamates (subject to hydrolysis) is 1. The molecule has 8 heteroatoms. The molecule has 1 aliphatic rings. The Bertz CT molecular complexity index is 1020. The maximum Gasteiger partial charge on any atom is 0.407 e. The molecule has 1 aliphatic carbocycles. The quantitative estimate of drug-likeness (QED) is 0.522. The third kappa shape index (κ3) is 5.88. The summed E-state index contributed by atoms with van der Waals surface area (Å²) in [5.41, 5.74) is 4.41. The molecule has 2 N–H and O–H groups in total. The fourth-order valence-corrected chi connectivity index (χ4v) is 4.45. The minimum Gasteiger partial charge on any atom is -0.480 e. The molecule has 0 bridgehead atoms. The molecule has 0 radical (unpaired) electrons. The van der Waals surface area contributed by atoms with E-state index in [0.717, 1.165) is 27.2 Å². The Balaban J connectivity index is 1.69. The van der Waals surface area contributed by atoms with Crippen LogP contribution < -0.4 is 5.32 Å². The van der Waals surface area contributed by atoms with Crippen molar-refractivity contribution >= 4 is 29.7 Å². The van der Waals surface area contributed by atoms with Gasteiger partial charge in [-0.2, -0.15) is 11.8 Å². The summed E-state index contributed by atoms with van der Waals surface area (Å²) in [6, 6.07) is 15.1. The highest BCUT2D eigenvalue weighted by Gasteiger charge is 2.31. The molecule has 3 rings (SSSR count). The zero-order chi connectivity index (χ0) is 23.8. The number of hydrogen-bond acceptors (Lipinski definition) is 5. The second kappa shape index (κ2) is 11.4. The lowest BCUT2D eigenvalue weighted by Crippen LogP contribution is -2.50. The van der Waals surface area contributed by atoms with Gasteiger partial charge in [0, 0.05) is 5.92 Å². The number of terminal acetylenes is 1. The van der Waals surface area contributed by atoms with Crippen molar-refractivity contribution in [1.29, 1.82) is 0 Å². The number of carbonyl (C=O) groups is 3. The fraction of sp³-hybridized carbons (Fsp3) is 0.320. The molecule has 2 amide bonds. The minimum absolute atomic E-state index is 0.103. The van der Waals surface area contributed by atoms with E-state index < -0.39 is 30.6 Å². The smallest absolute Gasteiger partial charge is 0.407 e. The third-order valence-electron chi connectivity index (χ3n) is 5.46. The number of aliphatic carboxylic acids is 1. The predicted octanol–water partition coefficient (Wildman–Crippen LogP) is 3.19. The van der Waals surface area contributed by atoms with Crippen molar-refractivity contribution in [2.75, 3.05) is 31.7 Å². The van der Waals surface area contributed by atoms with Crippen LogP contribution in [0.5, 0.6) is 0 Å². The minimum atomic E-state index is -1.18. The maximum absolute atomic E-state index is 12.9. The van der Waals surface area contributed by atoms with Gasteiger partial charge in [0.25, 0.3) is 0 Å². The molecule has 1 unspecified atom stereocenters. The molecule has 0 heterocycles. The molecular weight excluding hydrogens is 440 g/mol. The summed E-state index contributed by atoms with van der Waals surface area (Å²) in [6.45, 7) is -0.578. The Morgan fingerprint density at radius 1 is 1.15 bits per heavy atom. The molecule has 0 aromatic heterocycles. The average Bonchev–Trinajstić information content (AvgIpc) is 3.13. The maximum atomic E-state index is 12.9. The topological polar surface area (TPSA) is 95.9 Å². The second-order valence-electron chi connectivity index (χ2n) is 7.60. The first-order valence-corrected chi connectivity index (χ1v) is 11.9. The number of ether oxygens (including phenoxy) is 1. The highest BCUT2D eigenvalue weighted by Crippen LogP contribution is 2.44. The molecule has 1 atom stereocenters. The molecule has 2 aromatic carbocycles. The zero-order valence-corrected chi connectivity index (χ0v) is 19.1. The van der Waals surface area contributed by atoms with Crippen LogP contribution in [0, 0.1) is 12.3 Å². The lowest BCUT2D eigenvalue weighted by molar-refractivity contribution is -0.144. The summed E-state index contributed by atoms with van der Waals surface area (Å²) >= 11 is 1.51. The van der Waals surface area contributed by atoms with Gasteiger partial charge >= 0.3 is 12.1 Å². The van der Waals surface area contributed by atoms with Gasteiger partial charge in [0.15, 0.2) is 0 Å². The Kier molecular flexibility index (Phi) is 8.39. The van der Waals surface area contributed by atoms with E-state index in [9.17, 15) is 14.4 Å². The number of nitrogens with zero attached hydrogens (tertiary/aromatic N) is 1. The molecule has 33 heavy (non-hydrogen) atoms. The number of hydrogen-bond donors (Lipinski definition) is 2. The van der Waals surface area contributed by atoms with Crippen LogP contribution >= 0.6 is 11.8 Å². The Morgan fingerprint density at radius 3 is 2.30 bits per heavy atom. The Hall–Kier alpha value is -3.44. The molecule has 7 nitrogen and oxygen atoms in total. The average molecular weight is 467 g/mol. The van der Waals surface area contributed by atoms with Crippen LogP contribution in [0.3, 0.4) is 0 Å². The van der Waals surface area contributed by atoms with Gasteiger partial charge in [-0.25, -0.2) is 4.79 Å². The molecule has 0 fully saturated rings. The van der Waals surface area contributed by atoms with E-state index in [1.54, 1.807) is 0 Å². The van der Waals surface area contributed by atoms with Crippen molar-refractivity contribution in [3.63, 3.8) is 0 Å². The van der Waals surface area contributed by atoms with E-state index in [1.807, 2.05) is 54.8 Å². The van der Waals surface area contributed by atoms with Gasteiger partial charge in [0.1, 0.15) is 19.2 Å². The van der Waals surface area contributed by atoms with Crippen LogP contribution in [0.2, 0.25) is 0 Å². The largest absolute Gasteiger partial charge is 0.480 e. The summed E-state index contributed by atoms with van der Waals surface area (Å²) in [4.78, 5) is 37.7. The molecule has 172 valence electrons. The van der Waals surface area contributed by atoms with Crippen molar-refractivity contribution in [3.05, 3.63) is 59.7 Å². The van der Waals surface area contributed by atoms with E-state index in [0.29, 0.717) is 12.2 Å². The van der Waals surface area contributed by atoms with Crippen molar-refractivity contribution in [2.24, 2.45) is 0 Å². The second-order valence-corrected chi connectivity index (χ2v) is 8.58. The van der Waals surface area contributed by atoms with Crippen LogP contribution in [0.1, 0.15) is 23.5 Å². The van der Waals surface area contributed by atoms with E-state index in [-0.39, 0.29) is 19.1 Å². The first-order valence-electron chi connectivity index (χ1n) is 10.5. The number of fused-ring (bicyclic) bond motifs is 3. The monoisotopic (exact) mass is 466 g/mol. The van der Waals surface area contributed by atoms with Crippen LogP contribution in [-0.4, -0.2) is 65.7 Å². The third-order valence-corrected chi connectivity index (χ3v) is 6.11. The summed E-state index contributed by atoms with van der Waals surface area (Å²) in [5, 5.41) is 11.7. The van der Waals surface area contributed by atoms with E-state index >= 15 is 0 Å². The van der Waals surface area contributed by atoms with Gasteiger partial charge in [0.2, 0.25) is 5.91 Å². The fourth-order valence-electron chi connectivity index (χ4n) is 3.98. The van der Waals surface area contributed by atoms with Gasteiger partial charge in [-0.05, 0) is 40.7 Å². The van der Waals surface area contributed by atoms with Crippen molar-refractivity contribution in [1.82, 2.24) is 10.2 Å². The zero-order valence-electron chi connectivity index (χ0n) is 18.3. The molecule has 0 saturated carbocycles. The van der Waals surface area contributed by atoms with Crippen LogP contribution in [-0.2, 0) is 14.3 Å². The van der Waals surface area contributed by atoms with Crippen molar-refractivity contribution < 1.29 is 24.2 Å². The molecule has 0 saturated heterocycles. The molecule has 0 aliphatic heterocycles. The Labute approximate surface area is 197 Å². The Morgan fingerprint density at radius 2 is 1.76 bits per heavy atom. The molecular formula is C25H26N2O5S. The summed E-state index contributed by atoms with van der Waals surface area (Å²) in [6.07, 6.45) is 6.76. The number of thioether (sulfide) groups is 1. The van der Waals surface area contributed by atoms with Crippen molar-refractivity contribution in [3.8, 4) is 23.5 Å². The number of rotatable bonds is 10. The molecule has 0 spiro atoms. The van der Waals surface area contributed by atoms with Crippen LogP contribution in [0.4, 0.5) is 4.79 Å². The first-order chi connectivity index (χ1) is 16.0. The number of benzene rings is 2. The standard InChI is InChI=1S/C25H26N2O5S/c1-3-13-27(15-23(28)29)24(30)22(12-14-33-2)26-25(31)32-16-21-19-10-6-4-8-17(19)18-9-5-7-11-20(18)21/h1,4-11,21-22H,12-16H2,2H3,(H,26,31)(H,28,29). The molecule has 2 aromatic rings. The van der Waals surface area contributed by atoms with E-state index in [1.165, 1.54) is 11.8 Å². The number of carboxylic acids is 1. The van der Waals surface area contributed by atoms with E-state index in [2.05, 4.69) is 11.2 Å². The number of amides is 2. The van der Waals surface area contributed by atoms with Gasteiger partial charge in [-0.1, -0.05) is 54.5 Å². The normalized spacial score (nSPS) is 12.7. The van der Waals surface area contributed by atoms with Gasteiger partial charge in [0.05, 0.1) is 6.54 Å². The highest BCUT2D eigenvalue weighted by atomic mass is 32.2. The lowest BCUT2D eigenvalue weighted by atomic mass is 9.98.